The zero-order valence-electron chi connectivity index (χ0n) is 13.3. The van der Waals surface area contributed by atoms with Crippen LogP contribution in [0.4, 0.5) is 5.69 Å². The molecule has 0 saturated heterocycles. The van der Waals surface area contributed by atoms with Gasteiger partial charge in [-0.2, -0.15) is 0 Å². The van der Waals surface area contributed by atoms with Crippen molar-refractivity contribution in [1.82, 2.24) is 20.2 Å². The van der Waals surface area contributed by atoms with E-state index in [1.807, 2.05) is 0 Å². The maximum absolute atomic E-state index is 12.4. The molecule has 3 rings (SSSR count). The minimum atomic E-state index is -3.26. The third kappa shape index (κ3) is 3.72. The summed E-state index contributed by atoms with van der Waals surface area (Å²) in [7, 11) is -3.26. The van der Waals surface area contributed by atoms with E-state index in [4.69, 9.17) is 0 Å². The fourth-order valence-electron chi connectivity index (χ4n) is 2.18. The van der Waals surface area contributed by atoms with Crippen molar-refractivity contribution in [3.63, 3.8) is 0 Å². The van der Waals surface area contributed by atoms with E-state index in [1.54, 1.807) is 43.3 Å². The zero-order valence-corrected chi connectivity index (χ0v) is 14.1. The number of anilines is 1. The second kappa shape index (κ2) is 6.81. The van der Waals surface area contributed by atoms with Crippen LogP contribution in [0.5, 0.6) is 0 Å². The van der Waals surface area contributed by atoms with Crippen LogP contribution >= 0.6 is 0 Å². The van der Waals surface area contributed by atoms with E-state index < -0.39 is 9.84 Å². The number of rotatable bonds is 5. The van der Waals surface area contributed by atoms with Gasteiger partial charge in [0.05, 0.1) is 16.3 Å². The molecule has 1 N–H and O–H groups in total. The van der Waals surface area contributed by atoms with E-state index in [2.05, 4.69) is 20.8 Å². The predicted octanol–water partition coefficient (Wildman–Crippen LogP) is 1.71. The summed E-state index contributed by atoms with van der Waals surface area (Å²) in [5.74, 6) is -0.288. The largest absolute Gasteiger partial charge is 0.322 e. The molecule has 0 fully saturated rings. The molecule has 0 radical (unpaired) electrons. The minimum Gasteiger partial charge on any atom is -0.322 e. The smallest absolute Gasteiger partial charge is 0.255 e. The highest BCUT2D eigenvalue weighted by Crippen LogP contribution is 2.17. The van der Waals surface area contributed by atoms with E-state index in [9.17, 15) is 13.2 Å². The number of hydrogen-bond acceptors (Lipinski definition) is 6. The van der Waals surface area contributed by atoms with Crippen LogP contribution in [0.15, 0.2) is 59.8 Å². The Hall–Kier alpha value is -3.07. The van der Waals surface area contributed by atoms with Crippen LogP contribution in [-0.4, -0.2) is 40.3 Å². The van der Waals surface area contributed by atoms with Gasteiger partial charge in [-0.05, 0) is 52.9 Å². The molecule has 1 heterocycles. The van der Waals surface area contributed by atoms with Gasteiger partial charge in [-0.3, -0.25) is 4.79 Å². The van der Waals surface area contributed by atoms with Crippen molar-refractivity contribution in [1.29, 1.82) is 0 Å². The monoisotopic (exact) mass is 357 g/mol. The van der Waals surface area contributed by atoms with Crippen molar-refractivity contribution in [2.75, 3.05) is 11.1 Å². The van der Waals surface area contributed by atoms with Gasteiger partial charge in [0.25, 0.3) is 5.91 Å². The highest BCUT2D eigenvalue weighted by Gasteiger charge is 2.12. The van der Waals surface area contributed by atoms with E-state index in [1.165, 1.54) is 23.1 Å². The molecule has 2 aromatic carbocycles. The molecule has 3 aromatic rings. The summed E-state index contributed by atoms with van der Waals surface area (Å²) in [6.07, 6.45) is 1.43. The SMILES string of the molecule is CCS(=O)(=O)c1ccc(NC(=O)c2cccc(-n3cnnn3)c2)cc1. The minimum absolute atomic E-state index is 0.0304. The van der Waals surface area contributed by atoms with Gasteiger partial charge >= 0.3 is 0 Å². The van der Waals surface area contributed by atoms with Crippen molar-refractivity contribution in [3.8, 4) is 5.69 Å². The lowest BCUT2D eigenvalue weighted by Gasteiger charge is -2.08. The second-order valence-electron chi connectivity index (χ2n) is 5.19. The van der Waals surface area contributed by atoms with Crippen molar-refractivity contribution >= 4 is 21.4 Å². The maximum Gasteiger partial charge on any atom is 0.255 e. The molecule has 9 heteroatoms. The zero-order chi connectivity index (χ0) is 17.9. The number of nitrogens with one attached hydrogen (secondary N) is 1. The van der Waals surface area contributed by atoms with Gasteiger partial charge in [0, 0.05) is 11.3 Å². The molecule has 1 amide bonds. The topological polar surface area (TPSA) is 107 Å². The van der Waals surface area contributed by atoms with Gasteiger partial charge in [-0.15, -0.1) is 5.10 Å². The summed E-state index contributed by atoms with van der Waals surface area (Å²) in [6.45, 7) is 1.59. The quantitative estimate of drug-likeness (QED) is 0.745. The summed E-state index contributed by atoms with van der Waals surface area (Å²) in [6, 6.07) is 12.9. The Bertz CT molecular complexity index is 983. The van der Waals surface area contributed by atoms with Crippen molar-refractivity contribution in [2.24, 2.45) is 0 Å². The normalized spacial score (nSPS) is 11.2. The molecule has 0 unspecified atom stereocenters. The molecule has 0 aliphatic rings. The van der Waals surface area contributed by atoms with Crippen LogP contribution in [0.2, 0.25) is 0 Å². The molecule has 0 atom stereocenters. The molecule has 0 saturated carbocycles. The molecule has 1 aromatic heterocycles. The lowest BCUT2D eigenvalue weighted by molar-refractivity contribution is 0.102. The van der Waals surface area contributed by atoms with Crippen LogP contribution in [0.1, 0.15) is 17.3 Å². The fraction of sp³-hybridized carbons (Fsp3) is 0.125. The number of hydrogen-bond donors (Lipinski definition) is 1. The number of nitrogens with zero attached hydrogens (tertiary/aromatic N) is 4. The third-order valence-corrected chi connectivity index (χ3v) is 5.32. The summed E-state index contributed by atoms with van der Waals surface area (Å²) < 4.78 is 25.0. The molecule has 128 valence electrons. The number of carbonyl (C=O) groups excluding carboxylic acids is 1. The third-order valence-electron chi connectivity index (χ3n) is 3.57. The van der Waals surface area contributed by atoms with E-state index in [0.29, 0.717) is 16.9 Å². The highest BCUT2D eigenvalue weighted by atomic mass is 32.2. The standard InChI is InChI=1S/C16H15N5O3S/c1-2-25(23,24)15-8-6-13(7-9-15)18-16(22)12-4-3-5-14(10-12)21-11-17-19-20-21/h3-11H,2H2,1H3,(H,18,22). The van der Waals surface area contributed by atoms with E-state index in [0.717, 1.165) is 0 Å². The van der Waals surface area contributed by atoms with Crippen LogP contribution in [-0.2, 0) is 9.84 Å². The fourth-order valence-corrected chi connectivity index (χ4v) is 3.07. The highest BCUT2D eigenvalue weighted by molar-refractivity contribution is 7.91. The number of tetrazole rings is 1. The first-order valence-corrected chi connectivity index (χ1v) is 9.12. The maximum atomic E-state index is 12.4. The lowest BCUT2D eigenvalue weighted by atomic mass is 10.2. The Morgan fingerprint density at radius 3 is 2.56 bits per heavy atom. The number of aromatic nitrogens is 4. The Labute approximate surface area is 144 Å². The van der Waals surface area contributed by atoms with Gasteiger partial charge in [-0.1, -0.05) is 13.0 Å². The van der Waals surface area contributed by atoms with Crippen molar-refractivity contribution in [3.05, 3.63) is 60.4 Å². The summed E-state index contributed by atoms with van der Waals surface area (Å²) in [5.41, 5.74) is 1.59. The Morgan fingerprint density at radius 2 is 1.92 bits per heavy atom. The van der Waals surface area contributed by atoms with Gasteiger partial charge in [0.1, 0.15) is 6.33 Å². The van der Waals surface area contributed by atoms with E-state index in [-0.39, 0.29) is 16.6 Å². The Morgan fingerprint density at radius 1 is 1.16 bits per heavy atom. The number of carbonyl (C=O) groups is 1. The molecular formula is C16H15N5O3S. The number of amides is 1. The average Bonchev–Trinajstić information content (AvgIpc) is 3.17. The first-order valence-electron chi connectivity index (χ1n) is 7.47. The van der Waals surface area contributed by atoms with Crippen LogP contribution in [0.25, 0.3) is 5.69 Å². The number of sulfone groups is 1. The summed E-state index contributed by atoms with van der Waals surface area (Å²) in [5, 5.41) is 13.6. The molecule has 25 heavy (non-hydrogen) atoms. The Kier molecular flexibility index (Phi) is 4.57. The predicted molar refractivity (Wildman–Crippen MR) is 91.3 cm³/mol. The molecule has 8 nitrogen and oxygen atoms in total. The summed E-state index contributed by atoms with van der Waals surface area (Å²) in [4.78, 5) is 12.6. The van der Waals surface area contributed by atoms with Gasteiger partial charge < -0.3 is 5.32 Å². The molecule has 0 bridgehead atoms. The number of benzene rings is 2. The second-order valence-corrected chi connectivity index (χ2v) is 7.46. The van der Waals surface area contributed by atoms with Crippen molar-refractivity contribution < 1.29 is 13.2 Å². The molecular weight excluding hydrogens is 342 g/mol. The van der Waals surface area contributed by atoms with E-state index >= 15 is 0 Å². The first kappa shape index (κ1) is 16.8. The average molecular weight is 357 g/mol. The molecule has 0 aliphatic heterocycles. The van der Waals surface area contributed by atoms with Crippen LogP contribution in [0, 0.1) is 0 Å². The van der Waals surface area contributed by atoms with Gasteiger partial charge in [0.15, 0.2) is 9.84 Å². The van der Waals surface area contributed by atoms with Crippen molar-refractivity contribution in [2.45, 2.75) is 11.8 Å². The van der Waals surface area contributed by atoms with Gasteiger partial charge in [-0.25, -0.2) is 13.1 Å². The lowest BCUT2D eigenvalue weighted by Crippen LogP contribution is -2.12. The molecule has 0 spiro atoms. The van der Waals surface area contributed by atoms with Crippen LogP contribution < -0.4 is 5.32 Å². The van der Waals surface area contributed by atoms with Crippen LogP contribution in [0.3, 0.4) is 0 Å². The van der Waals surface area contributed by atoms with Gasteiger partial charge in [0.2, 0.25) is 0 Å². The summed E-state index contributed by atoms with van der Waals surface area (Å²) >= 11 is 0. The Balaban J connectivity index is 1.78. The first-order chi connectivity index (χ1) is 12.0. The molecule has 0 aliphatic carbocycles.